The number of aromatic amines is 1. The molecule has 0 fully saturated rings. The SMILES string of the molecule is NC(=O)c1c(-c2ccc(O)cc2)cnc2[nH]ccc12. The number of nitrogens with zero attached hydrogens (tertiary/aromatic N) is 1. The van der Waals surface area contributed by atoms with Crippen LogP contribution in [0, 0.1) is 0 Å². The third-order valence-corrected chi connectivity index (χ3v) is 3.01. The van der Waals surface area contributed by atoms with Gasteiger partial charge in [-0.2, -0.15) is 0 Å². The van der Waals surface area contributed by atoms with Gasteiger partial charge in [-0.3, -0.25) is 4.79 Å². The van der Waals surface area contributed by atoms with Gasteiger partial charge in [0.1, 0.15) is 11.4 Å². The average molecular weight is 253 g/mol. The molecule has 0 aliphatic rings. The summed E-state index contributed by atoms with van der Waals surface area (Å²) in [4.78, 5) is 18.9. The highest BCUT2D eigenvalue weighted by atomic mass is 16.3. The van der Waals surface area contributed by atoms with E-state index in [9.17, 15) is 9.90 Å². The highest BCUT2D eigenvalue weighted by Gasteiger charge is 2.15. The summed E-state index contributed by atoms with van der Waals surface area (Å²) < 4.78 is 0. The topological polar surface area (TPSA) is 92.0 Å². The molecule has 0 saturated carbocycles. The molecule has 1 aromatic carbocycles. The molecule has 2 aromatic heterocycles. The molecule has 5 heteroatoms. The number of fused-ring (bicyclic) bond motifs is 1. The number of benzene rings is 1. The zero-order valence-electron chi connectivity index (χ0n) is 9.92. The Morgan fingerprint density at radius 2 is 1.95 bits per heavy atom. The van der Waals surface area contributed by atoms with Crippen molar-refractivity contribution in [3.8, 4) is 16.9 Å². The van der Waals surface area contributed by atoms with Gasteiger partial charge in [-0.05, 0) is 23.8 Å². The van der Waals surface area contributed by atoms with Crippen molar-refractivity contribution in [3.63, 3.8) is 0 Å². The Kier molecular flexibility index (Phi) is 2.45. The number of pyridine rings is 1. The molecule has 0 aliphatic heterocycles. The summed E-state index contributed by atoms with van der Waals surface area (Å²) in [5, 5.41) is 10.0. The molecule has 3 aromatic rings. The van der Waals surface area contributed by atoms with E-state index in [1.54, 1.807) is 42.7 Å². The average Bonchev–Trinajstić information content (AvgIpc) is 2.86. The minimum absolute atomic E-state index is 0.167. The lowest BCUT2D eigenvalue weighted by atomic mass is 9.99. The van der Waals surface area contributed by atoms with Crippen LogP contribution in [-0.4, -0.2) is 21.0 Å². The Bertz CT molecular complexity index is 760. The Hall–Kier alpha value is -2.82. The minimum Gasteiger partial charge on any atom is -0.508 e. The third kappa shape index (κ3) is 1.81. The summed E-state index contributed by atoms with van der Waals surface area (Å²) >= 11 is 0. The molecular formula is C14H11N3O2. The van der Waals surface area contributed by atoms with E-state index < -0.39 is 5.91 Å². The van der Waals surface area contributed by atoms with E-state index >= 15 is 0 Å². The van der Waals surface area contributed by atoms with Crippen LogP contribution in [0.25, 0.3) is 22.2 Å². The van der Waals surface area contributed by atoms with E-state index in [4.69, 9.17) is 5.73 Å². The first kappa shape index (κ1) is 11.3. The number of H-pyrrole nitrogens is 1. The largest absolute Gasteiger partial charge is 0.508 e. The molecule has 1 amide bonds. The number of phenols is 1. The third-order valence-electron chi connectivity index (χ3n) is 3.01. The van der Waals surface area contributed by atoms with Crippen molar-refractivity contribution < 1.29 is 9.90 Å². The molecule has 0 unspecified atom stereocenters. The molecule has 2 heterocycles. The maximum atomic E-state index is 11.7. The summed E-state index contributed by atoms with van der Waals surface area (Å²) in [6, 6.07) is 8.32. The molecule has 0 atom stereocenters. The van der Waals surface area contributed by atoms with Gasteiger partial charge in [-0.15, -0.1) is 0 Å². The maximum absolute atomic E-state index is 11.7. The zero-order valence-corrected chi connectivity index (χ0v) is 9.92. The number of hydrogen-bond donors (Lipinski definition) is 3. The van der Waals surface area contributed by atoms with E-state index in [-0.39, 0.29) is 5.75 Å². The maximum Gasteiger partial charge on any atom is 0.250 e. The predicted octanol–water partition coefficient (Wildman–Crippen LogP) is 2.03. The molecule has 0 saturated heterocycles. The van der Waals surface area contributed by atoms with Gasteiger partial charge < -0.3 is 15.8 Å². The van der Waals surface area contributed by atoms with Crippen LogP contribution in [0.2, 0.25) is 0 Å². The molecule has 5 nitrogen and oxygen atoms in total. The molecule has 3 rings (SSSR count). The van der Waals surface area contributed by atoms with Crippen molar-refractivity contribution in [2.45, 2.75) is 0 Å². The molecular weight excluding hydrogens is 242 g/mol. The number of nitrogens with two attached hydrogens (primary N) is 1. The molecule has 0 radical (unpaired) electrons. The van der Waals surface area contributed by atoms with Gasteiger partial charge in [-0.1, -0.05) is 12.1 Å². The number of primary amides is 1. The van der Waals surface area contributed by atoms with Gasteiger partial charge in [0.2, 0.25) is 5.91 Å². The Morgan fingerprint density at radius 1 is 1.21 bits per heavy atom. The number of hydrogen-bond acceptors (Lipinski definition) is 3. The van der Waals surface area contributed by atoms with Crippen LogP contribution in [0.1, 0.15) is 10.4 Å². The van der Waals surface area contributed by atoms with E-state index in [0.717, 1.165) is 5.56 Å². The van der Waals surface area contributed by atoms with Crippen LogP contribution in [0.5, 0.6) is 5.75 Å². The Balaban J connectivity index is 2.31. The van der Waals surface area contributed by atoms with Crippen molar-refractivity contribution in [3.05, 3.63) is 48.3 Å². The number of carbonyl (C=O) groups excluding carboxylic acids is 1. The van der Waals surface area contributed by atoms with Crippen molar-refractivity contribution in [1.82, 2.24) is 9.97 Å². The summed E-state index contributed by atoms with van der Waals surface area (Å²) in [6.07, 6.45) is 3.32. The first-order valence-corrected chi connectivity index (χ1v) is 5.72. The first-order valence-electron chi connectivity index (χ1n) is 5.72. The molecule has 4 N–H and O–H groups in total. The standard InChI is InChI=1S/C14H11N3O2/c15-13(19)12-10-5-6-16-14(10)17-7-11(12)8-1-3-9(18)4-2-8/h1-7,18H,(H2,15,19)(H,16,17). The summed E-state index contributed by atoms with van der Waals surface area (Å²) in [7, 11) is 0. The number of carbonyl (C=O) groups is 1. The van der Waals surface area contributed by atoms with E-state index in [1.807, 2.05) is 0 Å². The lowest BCUT2D eigenvalue weighted by Gasteiger charge is -2.08. The summed E-state index contributed by atoms with van der Waals surface area (Å²) in [6.45, 7) is 0. The highest BCUT2D eigenvalue weighted by Crippen LogP contribution is 2.29. The molecule has 94 valence electrons. The fraction of sp³-hybridized carbons (Fsp3) is 0. The van der Waals surface area contributed by atoms with Crippen molar-refractivity contribution in [2.75, 3.05) is 0 Å². The van der Waals surface area contributed by atoms with E-state index in [1.165, 1.54) is 0 Å². The van der Waals surface area contributed by atoms with Gasteiger partial charge in [0.25, 0.3) is 0 Å². The second kappa shape index (κ2) is 4.13. The lowest BCUT2D eigenvalue weighted by Crippen LogP contribution is -2.13. The van der Waals surface area contributed by atoms with Crippen LogP contribution < -0.4 is 5.73 Å². The fourth-order valence-corrected chi connectivity index (χ4v) is 2.13. The fourth-order valence-electron chi connectivity index (χ4n) is 2.13. The van der Waals surface area contributed by atoms with E-state index in [0.29, 0.717) is 22.2 Å². The van der Waals surface area contributed by atoms with E-state index in [2.05, 4.69) is 9.97 Å². The van der Waals surface area contributed by atoms with Crippen molar-refractivity contribution in [2.24, 2.45) is 5.73 Å². The molecule has 0 spiro atoms. The van der Waals surface area contributed by atoms with Gasteiger partial charge in [0, 0.05) is 23.3 Å². The second-order valence-electron chi connectivity index (χ2n) is 4.20. The molecule has 0 bridgehead atoms. The Labute approximate surface area is 108 Å². The van der Waals surface area contributed by atoms with Crippen LogP contribution >= 0.6 is 0 Å². The van der Waals surface area contributed by atoms with Crippen LogP contribution in [0.15, 0.2) is 42.7 Å². The Morgan fingerprint density at radius 3 is 2.63 bits per heavy atom. The smallest absolute Gasteiger partial charge is 0.250 e. The van der Waals surface area contributed by atoms with Crippen molar-refractivity contribution in [1.29, 1.82) is 0 Å². The van der Waals surface area contributed by atoms with Gasteiger partial charge >= 0.3 is 0 Å². The van der Waals surface area contributed by atoms with Crippen molar-refractivity contribution >= 4 is 16.9 Å². The number of amides is 1. The van der Waals surface area contributed by atoms with Crippen LogP contribution in [0.4, 0.5) is 0 Å². The van der Waals surface area contributed by atoms with Crippen LogP contribution in [0.3, 0.4) is 0 Å². The zero-order chi connectivity index (χ0) is 13.4. The molecule has 19 heavy (non-hydrogen) atoms. The van der Waals surface area contributed by atoms with Gasteiger partial charge in [-0.25, -0.2) is 4.98 Å². The second-order valence-corrected chi connectivity index (χ2v) is 4.20. The minimum atomic E-state index is -0.505. The molecule has 0 aliphatic carbocycles. The number of aromatic nitrogens is 2. The normalized spacial score (nSPS) is 10.7. The van der Waals surface area contributed by atoms with Crippen LogP contribution in [-0.2, 0) is 0 Å². The number of nitrogens with one attached hydrogen (secondary N) is 1. The number of rotatable bonds is 2. The highest BCUT2D eigenvalue weighted by molar-refractivity contribution is 6.10. The van der Waals surface area contributed by atoms with Gasteiger partial charge in [0.05, 0.1) is 5.56 Å². The predicted molar refractivity (Wildman–Crippen MR) is 71.7 cm³/mol. The summed E-state index contributed by atoms with van der Waals surface area (Å²) in [5.74, 6) is -0.338. The summed E-state index contributed by atoms with van der Waals surface area (Å²) in [5.41, 5.74) is 7.96. The lowest BCUT2D eigenvalue weighted by molar-refractivity contribution is 0.100. The van der Waals surface area contributed by atoms with Gasteiger partial charge in [0.15, 0.2) is 0 Å². The number of aromatic hydroxyl groups is 1. The number of phenolic OH excluding ortho intramolecular Hbond substituents is 1. The quantitative estimate of drug-likeness (QED) is 0.652. The first-order chi connectivity index (χ1) is 9.16. The monoisotopic (exact) mass is 253 g/mol.